The molecule has 0 saturated carbocycles. The van der Waals surface area contributed by atoms with Crippen LogP contribution in [0.3, 0.4) is 0 Å². The predicted octanol–water partition coefficient (Wildman–Crippen LogP) is 1.95. The van der Waals surface area contributed by atoms with Gasteiger partial charge in [0.15, 0.2) is 0 Å². The molecule has 84 valence electrons. The van der Waals surface area contributed by atoms with Crippen LogP contribution in [-0.2, 0) is 0 Å². The third-order valence-corrected chi connectivity index (χ3v) is 1.99. The summed E-state index contributed by atoms with van der Waals surface area (Å²) in [5.74, 6) is 0. The van der Waals surface area contributed by atoms with Crippen LogP contribution in [-0.4, -0.2) is 25.4 Å². The topological polar surface area (TPSA) is 67.3 Å². The first-order valence-electron chi connectivity index (χ1n) is 5.07. The Labute approximate surface area is 98.6 Å². The Hall–Kier alpha value is -2.56. The molecule has 5 nitrogen and oxygen atoms in total. The maximum absolute atomic E-state index is 4.03. The standard InChI is InChI=1S/C10H8N2.C2H3N3/c1-3-9(7-11-5-1)10-4-2-6-12-8-10;1-2-4-5-3-1/h1-8H;1-2H,(H,3,4,5). The smallest absolute Gasteiger partial charge is 0.0690 e. The van der Waals surface area contributed by atoms with Gasteiger partial charge in [-0.2, -0.15) is 0 Å². The molecule has 0 saturated heterocycles. The van der Waals surface area contributed by atoms with Crippen molar-refractivity contribution in [2.24, 2.45) is 0 Å². The van der Waals surface area contributed by atoms with Gasteiger partial charge in [-0.15, -0.1) is 5.10 Å². The predicted molar refractivity (Wildman–Crippen MR) is 63.9 cm³/mol. The van der Waals surface area contributed by atoms with Crippen LogP contribution in [0.5, 0.6) is 0 Å². The van der Waals surface area contributed by atoms with Crippen LogP contribution in [0.2, 0.25) is 0 Å². The van der Waals surface area contributed by atoms with Gasteiger partial charge in [0, 0.05) is 42.1 Å². The molecule has 5 heteroatoms. The molecule has 0 aliphatic heterocycles. The second-order valence-electron chi connectivity index (χ2n) is 3.14. The van der Waals surface area contributed by atoms with Gasteiger partial charge in [-0.25, -0.2) is 0 Å². The molecular formula is C12H11N5. The third kappa shape index (κ3) is 3.49. The zero-order chi connectivity index (χ0) is 11.8. The lowest BCUT2D eigenvalue weighted by atomic mass is 10.1. The monoisotopic (exact) mass is 225 g/mol. The van der Waals surface area contributed by atoms with Gasteiger partial charge in [0.2, 0.25) is 0 Å². The quantitative estimate of drug-likeness (QED) is 0.687. The fourth-order valence-corrected chi connectivity index (χ4v) is 1.23. The lowest BCUT2D eigenvalue weighted by Gasteiger charge is -1.97. The fourth-order valence-electron chi connectivity index (χ4n) is 1.23. The maximum Gasteiger partial charge on any atom is 0.0690 e. The highest BCUT2D eigenvalue weighted by Gasteiger charge is 1.93. The van der Waals surface area contributed by atoms with Gasteiger partial charge in [0.25, 0.3) is 0 Å². The molecule has 0 atom stereocenters. The molecule has 1 N–H and O–H groups in total. The van der Waals surface area contributed by atoms with Crippen LogP contribution in [0.1, 0.15) is 0 Å². The van der Waals surface area contributed by atoms with Crippen molar-refractivity contribution < 1.29 is 0 Å². The van der Waals surface area contributed by atoms with Crippen LogP contribution in [0.25, 0.3) is 11.1 Å². The summed E-state index contributed by atoms with van der Waals surface area (Å²) in [7, 11) is 0. The molecule has 0 radical (unpaired) electrons. The van der Waals surface area contributed by atoms with Crippen LogP contribution in [0, 0.1) is 0 Å². The van der Waals surface area contributed by atoms with E-state index in [9.17, 15) is 0 Å². The van der Waals surface area contributed by atoms with E-state index in [2.05, 4.69) is 25.4 Å². The number of aromatic amines is 1. The lowest BCUT2D eigenvalue weighted by molar-refractivity contribution is 0.940. The zero-order valence-corrected chi connectivity index (χ0v) is 9.06. The van der Waals surface area contributed by atoms with Crippen LogP contribution in [0.4, 0.5) is 0 Å². The van der Waals surface area contributed by atoms with Crippen LogP contribution in [0.15, 0.2) is 61.4 Å². The van der Waals surface area contributed by atoms with E-state index in [1.165, 1.54) is 0 Å². The number of hydrogen-bond donors (Lipinski definition) is 1. The van der Waals surface area contributed by atoms with Crippen molar-refractivity contribution in [2.75, 3.05) is 0 Å². The summed E-state index contributed by atoms with van der Waals surface area (Å²) >= 11 is 0. The summed E-state index contributed by atoms with van der Waals surface area (Å²) in [6.45, 7) is 0. The molecule has 0 unspecified atom stereocenters. The molecule has 0 aliphatic carbocycles. The summed E-state index contributed by atoms with van der Waals surface area (Å²) in [6.07, 6.45) is 10.4. The molecule has 3 aromatic rings. The van der Waals surface area contributed by atoms with Crippen molar-refractivity contribution in [2.45, 2.75) is 0 Å². The molecule has 17 heavy (non-hydrogen) atoms. The molecular weight excluding hydrogens is 214 g/mol. The minimum atomic E-state index is 1.10. The van der Waals surface area contributed by atoms with Crippen molar-refractivity contribution in [3.05, 3.63) is 61.4 Å². The van der Waals surface area contributed by atoms with Crippen molar-refractivity contribution in [3.8, 4) is 11.1 Å². The molecule has 0 aromatic carbocycles. The van der Waals surface area contributed by atoms with Gasteiger partial charge in [-0.05, 0) is 12.1 Å². The zero-order valence-electron chi connectivity index (χ0n) is 9.06. The second-order valence-corrected chi connectivity index (χ2v) is 3.14. The molecule has 3 rings (SSSR count). The Morgan fingerprint density at radius 3 is 1.76 bits per heavy atom. The van der Waals surface area contributed by atoms with Crippen LogP contribution < -0.4 is 0 Å². The Morgan fingerprint density at radius 2 is 1.47 bits per heavy atom. The van der Waals surface area contributed by atoms with Gasteiger partial charge in [0.05, 0.1) is 6.20 Å². The van der Waals surface area contributed by atoms with Gasteiger partial charge in [-0.1, -0.05) is 17.3 Å². The number of nitrogens with zero attached hydrogens (tertiary/aromatic N) is 4. The number of hydrogen-bond acceptors (Lipinski definition) is 4. The summed E-state index contributed by atoms with van der Waals surface area (Å²) in [5, 5.41) is 9.26. The molecule has 0 spiro atoms. The normalized spacial score (nSPS) is 9.18. The van der Waals surface area contributed by atoms with Crippen molar-refractivity contribution in [1.29, 1.82) is 0 Å². The number of aromatic nitrogens is 5. The molecule has 0 fully saturated rings. The van der Waals surface area contributed by atoms with E-state index in [0.717, 1.165) is 11.1 Å². The number of nitrogens with one attached hydrogen (secondary N) is 1. The van der Waals surface area contributed by atoms with E-state index in [0.29, 0.717) is 0 Å². The highest BCUT2D eigenvalue weighted by Crippen LogP contribution is 2.14. The van der Waals surface area contributed by atoms with E-state index in [-0.39, 0.29) is 0 Å². The van der Waals surface area contributed by atoms with Crippen molar-refractivity contribution in [3.63, 3.8) is 0 Å². The Kier molecular flexibility index (Phi) is 3.94. The van der Waals surface area contributed by atoms with Crippen molar-refractivity contribution in [1.82, 2.24) is 25.4 Å². The first-order valence-corrected chi connectivity index (χ1v) is 5.07. The Bertz CT molecular complexity index is 452. The average Bonchev–Trinajstić information content (AvgIpc) is 3.00. The fraction of sp³-hybridized carbons (Fsp3) is 0. The summed E-state index contributed by atoms with van der Waals surface area (Å²) in [6, 6.07) is 7.87. The summed E-state index contributed by atoms with van der Waals surface area (Å²) in [5.41, 5.74) is 2.20. The van der Waals surface area contributed by atoms with Gasteiger partial charge in [-0.3, -0.25) is 15.1 Å². The highest BCUT2D eigenvalue weighted by atomic mass is 15.3. The van der Waals surface area contributed by atoms with E-state index in [1.807, 2.05) is 36.7 Å². The number of rotatable bonds is 1. The third-order valence-electron chi connectivity index (χ3n) is 1.99. The van der Waals surface area contributed by atoms with E-state index in [4.69, 9.17) is 0 Å². The SMILES string of the molecule is c1c[nH]nn1.c1cncc(-c2cccnc2)c1. The second kappa shape index (κ2) is 6.12. The highest BCUT2D eigenvalue weighted by molar-refractivity contribution is 5.60. The van der Waals surface area contributed by atoms with E-state index in [1.54, 1.807) is 24.8 Å². The molecule has 3 aromatic heterocycles. The summed E-state index contributed by atoms with van der Waals surface area (Å²) < 4.78 is 0. The van der Waals surface area contributed by atoms with E-state index < -0.39 is 0 Å². The van der Waals surface area contributed by atoms with Crippen molar-refractivity contribution >= 4 is 0 Å². The van der Waals surface area contributed by atoms with Gasteiger partial charge >= 0.3 is 0 Å². The largest absolute Gasteiger partial charge is 0.266 e. The maximum atomic E-state index is 4.03. The molecule has 0 bridgehead atoms. The first-order chi connectivity index (χ1) is 8.47. The molecule has 0 aliphatic rings. The minimum Gasteiger partial charge on any atom is -0.266 e. The van der Waals surface area contributed by atoms with Crippen LogP contribution >= 0.6 is 0 Å². The Balaban J connectivity index is 0.000000181. The van der Waals surface area contributed by atoms with Gasteiger partial charge < -0.3 is 0 Å². The summed E-state index contributed by atoms with van der Waals surface area (Å²) in [4.78, 5) is 8.07. The molecule has 3 heterocycles. The number of H-pyrrole nitrogens is 1. The van der Waals surface area contributed by atoms with E-state index >= 15 is 0 Å². The lowest BCUT2D eigenvalue weighted by Crippen LogP contribution is -1.79. The minimum absolute atomic E-state index is 1.10. The van der Waals surface area contributed by atoms with Gasteiger partial charge in [0.1, 0.15) is 0 Å². The molecule has 0 amide bonds. The average molecular weight is 225 g/mol. The first kappa shape index (κ1) is 10.9. The Morgan fingerprint density at radius 1 is 0.824 bits per heavy atom. The number of pyridine rings is 2.